The van der Waals surface area contributed by atoms with Crippen LogP contribution in [0.5, 0.6) is 0 Å². The van der Waals surface area contributed by atoms with Crippen LogP contribution in [0.25, 0.3) is 0 Å². The summed E-state index contributed by atoms with van der Waals surface area (Å²) in [5.74, 6) is 0.208. The molecule has 1 aliphatic rings. The van der Waals surface area contributed by atoms with Gasteiger partial charge in [-0.25, -0.2) is 0 Å². The Morgan fingerprint density at radius 3 is 2.08 bits per heavy atom. The molecule has 0 radical (unpaired) electrons. The Morgan fingerprint density at radius 1 is 1.42 bits per heavy atom. The third-order valence-electron chi connectivity index (χ3n) is 1.95. The van der Waals surface area contributed by atoms with Gasteiger partial charge in [-0.3, -0.25) is 4.79 Å². The first kappa shape index (κ1) is 11.2. The van der Waals surface area contributed by atoms with Gasteiger partial charge in [0, 0.05) is 19.2 Å². The van der Waals surface area contributed by atoms with Crippen molar-refractivity contribution in [3.8, 4) is 0 Å². The maximum Gasteiger partial charge on any atom is 0.249 e. The Kier molecular flexibility index (Phi) is 4.64. The van der Waals surface area contributed by atoms with Crippen LogP contribution in [0.1, 0.15) is 34.1 Å². The average Bonchev–Trinajstić information content (AvgIpc) is 2.31. The maximum atomic E-state index is 11.2. The van der Waals surface area contributed by atoms with Gasteiger partial charge in [0.15, 0.2) is 0 Å². The first-order chi connectivity index (χ1) is 5.66. The molecule has 0 atom stereocenters. The smallest absolute Gasteiger partial charge is 0.249 e. The standard InChI is InChI=1S/C8H13NO.C2H6/c1-4-7-6(2)5-9(3)8(7)10;1-2/h4-5H2,1-3H3;1-2H3. The van der Waals surface area contributed by atoms with Gasteiger partial charge in [0.1, 0.15) is 0 Å². The minimum Gasteiger partial charge on any atom is -0.338 e. The van der Waals surface area contributed by atoms with Crippen molar-refractivity contribution < 1.29 is 4.79 Å². The molecule has 0 aromatic heterocycles. The molecule has 70 valence electrons. The third kappa shape index (κ3) is 2.10. The Hall–Kier alpha value is -0.790. The van der Waals surface area contributed by atoms with Crippen molar-refractivity contribution in [3.05, 3.63) is 11.1 Å². The van der Waals surface area contributed by atoms with Crippen LogP contribution >= 0.6 is 0 Å². The summed E-state index contributed by atoms with van der Waals surface area (Å²) in [5.41, 5.74) is 2.23. The number of hydrogen-bond acceptors (Lipinski definition) is 1. The number of likely N-dealkylation sites (N-methyl/N-ethyl adjacent to an activating group) is 1. The molecule has 0 aliphatic carbocycles. The summed E-state index contributed by atoms with van der Waals surface area (Å²) >= 11 is 0. The fourth-order valence-electron chi connectivity index (χ4n) is 1.39. The zero-order valence-electron chi connectivity index (χ0n) is 8.77. The zero-order chi connectivity index (χ0) is 9.72. The third-order valence-corrected chi connectivity index (χ3v) is 1.95. The van der Waals surface area contributed by atoms with Crippen LogP contribution in [0.3, 0.4) is 0 Å². The maximum absolute atomic E-state index is 11.2. The quantitative estimate of drug-likeness (QED) is 0.589. The highest BCUT2D eigenvalue weighted by Crippen LogP contribution is 2.18. The Balaban J connectivity index is 0.000000561. The highest BCUT2D eigenvalue weighted by Gasteiger charge is 2.22. The van der Waals surface area contributed by atoms with Gasteiger partial charge in [0.25, 0.3) is 0 Å². The summed E-state index contributed by atoms with van der Waals surface area (Å²) in [6.07, 6.45) is 0.870. The van der Waals surface area contributed by atoms with Gasteiger partial charge in [0.05, 0.1) is 0 Å². The molecule has 0 bridgehead atoms. The molecular formula is C10H19NO. The van der Waals surface area contributed by atoms with Gasteiger partial charge in [-0.2, -0.15) is 0 Å². The van der Waals surface area contributed by atoms with Gasteiger partial charge in [-0.15, -0.1) is 0 Å². The van der Waals surface area contributed by atoms with E-state index in [1.807, 2.05) is 34.7 Å². The lowest BCUT2D eigenvalue weighted by atomic mass is 10.1. The second kappa shape index (κ2) is 4.96. The minimum absolute atomic E-state index is 0.208. The number of rotatable bonds is 1. The van der Waals surface area contributed by atoms with E-state index in [1.54, 1.807) is 4.90 Å². The van der Waals surface area contributed by atoms with Crippen LogP contribution in [0.4, 0.5) is 0 Å². The molecule has 2 nitrogen and oxygen atoms in total. The van der Waals surface area contributed by atoms with Crippen LogP contribution < -0.4 is 0 Å². The number of carbonyl (C=O) groups excluding carboxylic acids is 1. The number of carbonyl (C=O) groups is 1. The first-order valence-corrected chi connectivity index (χ1v) is 4.61. The molecule has 0 aromatic rings. The molecule has 1 heterocycles. The molecular weight excluding hydrogens is 150 g/mol. The molecule has 0 saturated heterocycles. The SMILES string of the molecule is CC.CCC1=C(C)CN(C)C1=O. The van der Waals surface area contributed by atoms with E-state index in [-0.39, 0.29) is 5.91 Å². The zero-order valence-corrected chi connectivity index (χ0v) is 8.77. The van der Waals surface area contributed by atoms with Crippen LogP contribution in [0, 0.1) is 0 Å². The molecule has 0 N–H and O–H groups in total. The second-order valence-corrected chi connectivity index (χ2v) is 2.77. The van der Waals surface area contributed by atoms with Gasteiger partial charge < -0.3 is 4.90 Å². The molecule has 1 amide bonds. The monoisotopic (exact) mass is 169 g/mol. The Labute approximate surface area is 75.3 Å². The van der Waals surface area contributed by atoms with Crippen molar-refractivity contribution in [2.75, 3.05) is 13.6 Å². The van der Waals surface area contributed by atoms with Crippen molar-refractivity contribution in [3.63, 3.8) is 0 Å². The van der Waals surface area contributed by atoms with E-state index in [1.165, 1.54) is 5.57 Å². The van der Waals surface area contributed by atoms with Crippen molar-refractivity contribution in [1.82, 2.24) is 4.90 Å². The normalized spacial score (nSPS) is 16.4. The first-order valence-electron chi connectivity index (χ1n) is 4.61. The molecule has 0 saturated carbocycles. The Morgan fingerprint density at radius 2 is 1.92 bits per heavy atom. The van der Waals surface area contributed by atoms with Crippen LogP contribution in [-0.4, -0.2) is 24.4 Å². The van der Waals surface area contributed by atoms with Crippen LogP contribution in [0.2, 0.25) is 0 Å². The molecule has 12 heavy (non-hydrogen) atoms. The summed E-state index contributed by atoms with van der Waals surface area (Å²) in [6, 6.07) is 0. The highest BCUT2D eigenvalue weighted by molar-refractivity contribution is 5.96. The highest BCUT2D eigenvalue weighted by atomic mass is 16.2. The fraction of sp³-hybridized carbons (Fsp3) is 0.700. The summed E-state index contributed by atoms with van der Waals surface area (Å²) < 4.78 is 0. The van der Waals surface area contributed by atoms with E-state index in [2.05, 4.69) is 0 Å². The second-order valence-electron chi connectivity index (χ2n) is 2.77. The van der Waals surface area contributed by atoms with Crippen LogP contribution in [-0.2, 0) is 4.79 Å². The van der Waals surface area contributed by atoms with E-state index in [4.69, 9.17) is 0 Å². The topological polar surface area (TPSA) is 20.3 Å². The average molecular weight is 169 g/mol. The lowest BCUT2D eigenvalue weighted by Gasteiger charge is -2.06. The van der Waals surface area contributed by atoms with E-state index >= 15 is 0 Å². The summed E-state index contributed by atoms with van der Waals surface area (Å²) in [7, 11) is 1.84. The van der Waals surface area contributed by atoms with Crippen molar-refractivity contribution in [1.29, 1.82) is 0 Å². The lowest BCUT2D eigenvalue weighted by molar-refractivity contribution is -0.124. The number of nitrogens with zero attached hydrogens (tertiary/aromatic N) is 1. The van der Waals surface area contributed by atoms with Gasteiger partial charge >= 0.3 is 0 Å². The van der Waals surface area contributed by atoms with Gasteiger partial charge in [-0.05, 0) is 18.9 Å². The largest absolute Gasteiger partial charge is 0.338 e. The van der Waals surface area contributed by atoms with E-state index in [0.717, 1.165) is 18.5 Å². The number of hydrogen-bond donors (Lipinski definition) is 0. The summed E-state index contributed by atoms with van der Waals surface area (Å²) in [5, 5.41) is 0. The molecule has 0 fully saturated rings. The van der Waals surface area contributed by atoms with E-state index in [9.17, 15) is 4.79 Å². The van der Waals surface area contributed by atoms with Gasteiger partial charge in [0.2, 0.25) is 5.91 Å². The Bertz CT molecular complexity index is 194. The van der Waals surface area contributed by atoms with Crippen molar-refractivity contribution >= 4 is 5.91 Å². The molecule has 2 heteroatoms. The lowest BCUT2D eigenvalue weighted by Crippen LogP contribution is -2.21. The fourth-order valence-corrected chi connectivity index (χ4v) is 1.39. The molecule has 1 rings (SSSR count). The van der Waals surface area contributed by atoms with Crippen LogP contribution in [0.15, 0.2) is 11.1 Å². The van der Waals surface area contributed by atoms with Crippen molar-refractivity contribution in [2.24, 2.45) is 0 Å². The molecule has 0 unspecified atom stereocenters. The van der Waals surface area contributed by atoms with Crippen molar-refractivity contribution in [2.45, 2.75) is 34.1 Å². The predicted octanol–water partition coefficient (Wildman–Crippen LogP) is 2.21. The predicted molar refractivity (Wildman–Crippen MR) is 52.0 cm³/mol. The van der Waals surface area contributed by atoms with E-state index < -0.39 is 0 Å². The van der Waals surface area contributed by atoms with Gasteiger partial charge in [-0.1, -0.05) is 20.8 Å². The molecule has 1 aliphatic heterocycles. The molecule has 0 aromatic carbocycles. The summed E-state index contributed by atoms with van der Waals surface area (Å²) in [6.45, 7) is 8.87. The minimum atomic E-state index is 0.208. The number of amides is 1. The summed E-state index contributed by atoms with van der Waals surface area (Å²) in [4.78, 5) is 13.0. The molecule has 0 spiro atoms. The van der Waals surface area contributed by atoms with E-state index in [0.29, 0.717) is 0 Å².